The smallest absolute Gasteiger partial charge is 0.351 e. The molecule has 1 N–H and O–H groups in total. The lowest BCUT2D eigenvalue weighted by Crippen LogP contribution is -2.40. The van der Waals surface area contributed by atoms with Gasteiger partial charge in [0.2, 0.25) is 5.91 Å². The van der Waals surface area contributed by atoms with Gasteiger partial charge >= 0.3 is 6.18 Å². The molecule has 98 valence electrons. The van der Waals surface area contributed by atoms with Gasteiger partial charge in [-0.05, 0) is 37.5 Å². The Morgan fingerprint density at radius 1 is 1.28 bits per heavy atom. The maximum atomic E-state index is 12.4. The van der Waals surface area contributed by atoms with Crippen LogP contribution in [0.3, 0.4) is 0 Å². The molecule has 0 aromatic heterocycles. The second-order valence-electron chi connectivity index (χ2n) is 4.98. The van der Waals surface area contributed by atoms with Crippen molar-refractivity contribution in [2.45, 2.75) is 37.9 Å². The van der Waals surface area contributed by atoms with Crippen LogP contribution in [0.25, 0.3) is 0 Å². The summed E-state index contributed by atoms with van der Waals surface area (Å²) in [7, 11) is 0. The summed E-state index contributed by atoms with van der Waals surface area (Å²) in [6.07, 6.45) is -2.55. The first-order valence-electron chi connectivity index (χ1n) is 5.76. The molecule has 2 rings (SSSR count). The minimum absolute atomic E-state index is 0.00408. The number of hydrogen-bond acceptors (Lipinski definition) is 1. The summed E-state index contributed by atoms with van der Waals surface area (Å²) in [5.74, 6) is 0.00408. The zero-order chi connectivity index (χ0) is 13.4. The maximum absolute atomic E-state index is 12.4. The summed E-state index contributed by atoms with van der Waals surface area (Å²) < 4.78 is 37.2. The highest BCUT2D eigenvalue weighted by Gasteiger charge is 2.33. The zero-order valence-electron chi connectivity index (χ0n) is 9.97. The molecular weight excluding hydrogens is 243 g/mol. The van der Waals surface area contributed by atoms with E-state index in [4.69, 9.17) is 0 Å². The van der Waals surface area contributed by atoms with E-state index in [1.807, 2.05) is 6.92 Å². The fourth-order valence-electron chi connectivity index (χ4n) is 2.25. The van der Waals surface area contributed by atoms with Gasteiger partial charge in [-0.1, -0.05) is 12.1 Å². The van der Waals surface area contributed by atoms with Crippen LogP contribution in [-0.4, -0.2) is 11.4 Å². The van der Waals surface area contributed by atoms with E-state index in [1.54, 1.807) is 0 Å². The number of carbonyl (C=O) groups is 1. The predicted octanol–water partition coefficient (Wildman–Crippen LogP) is 2.92. The van der Waals surface area contributed by atoms with E-state index in [0.717, 1.165) is 17.7 Å². The molecule has 0 radical (unpaired) electrons. The number of halogens is 3. The van der Waals surface area contributed by atoms with E-state index in [9.17, 15) is 18.0 Å². The summed E-state index contributed by atoms with van der Waals surface area (Å²) in [5.41, 5.74) is -0.184. The molecule has 0 spiro atoms. The van der Waals surface area contributed by atoms with Crippen LogP contribution < -0.4 is 5.32 Å². The number of carbonyl (C=O) groups excluding carboxylic acids is 1. The van der Waals surface area contributed by atoms with Crippen molar-refractivity contribution in [2.24, 2.45) is 0 Å². The predicted molar refractivity (Wildman–Crippen MR) is 60.9 cm³/mol. The highest BCUT2D eigenvalue weighted by atomic mass is 19.4. The van der Waals surface area contributed by atoms with Gasteiger partial charge in [0, 0.05) is 12.0 Å². The first-order valence-corrected chi connectivity index (χ1v) is 5.76. The lowest BCUT2D eigenvalue weighted by Gasteiger charge is -2.24. The summed E-state index contributed by atoms with van der Waals surface area (Å²) in [4.78, 5) is 11.2. The Morgan fingerprint density at radius 2 is 1.89 bits per heavy atom. The second-order valence-corrected chi connectivity index (χ2v) is 4.98. The van der Waals surface area contributed by atoms with Crippen molar-refractivity contribution < 1.29 is 18.0 Å². The van der Waals surface area contributed by atoms with Crippen LogP contribution in [0.15, 0.2) is 24.3 Å². The molecule has 1 amide bonds. The van der Waals surface area contributed by atoms with Crippen molar-refractivity contribution >= 4 is 5.91 Å². The van der Waals surface area contributed by atoms with Crippen molar-refractivity contribution in [2.75, 3.05) is 0 Å². The molecule has 2 nitrogen and oxygen atoms in total. The van der Waals surface area contributed by atoms with E-state index >= 15 is 0 Å². The second kappa shape index (κ2) is 4.30. The van der Waals surface area contributed by atoms with Crippen molar-refractivity contribution in [1.29, 1.82) is 0 Å². The fraction of sp³-hybridized carbons (Fsp3) is 0.462. The third-order valence-corrected chi connectivity index (χ3v) is 3.22. The Morgan fingerprint density at radius 3 is 2.33 bits per heavy atom. The molecule has 1 atom stereocenters. The van der Waals surface area contributed by atoms with Gasteiger partial charge in [-0.3, -0.25) is 4.79 Å². The van der Waals surface area contributed by atoms with Crippen LogP contribution in [0.4, 0.5) is 13.2 Å². The summed E-state index contributed by atoms with van der Waals surface area (Å²) in [6, 6.07) is 5.10. The van der Waals surface area contributed by atoms with E-state index in [2.05, 4.69) is 5.32 Å². The van der Waals surface area contributed by atoms with Crippen molar-refractivity contribution in [1.82, 2.24) is 5.32 Å². The minimum atomic E-state index is -4.30. The molecule has 1 heterocycles. The molecule has 1 aliphatic rings. The molecule has 1 aromatic rings. The number of benzene rings is 1. The number of hydrogen-bond donors (Lipinski definition) is 1. The number of amides is 1. The Labute approximate surface area is 103 Å². The van der Waals surface area contributed by atoms with E-state index < -0.39 is 11.7 Å². The molecule has 0 saturated carbocycles. The van der Waals surface area contributed by atoms with Crippen molar-refractivity contribution in [3.8, 4) is 0 Å². The van der Waals surface area contributed by atoms with Crippen molar-refractivity contribution in [3.63, 3.8) is 0 Å². The third-order valence-electron chi connectivity index (χ3n) is 3.22. The van der Waals surface area contributed by atoms with Crippen molar-refractivity contribution in [3.05, 3.63) is 35.4 Å². The number of rotatable bonds is 2. The molecule has 0 bridgehead atoms. The monoisotopic (exact) mass is 257 g/mol. The van der Waals surface area contributed by atoms with E-state index in [0.29, 0.717) is 19.3 Å². The van der Waals surface area contributed by atoms with Crippen LogP contribution >= 0.6 is 0 Å². The standard InChI is InChI=1S/C13H14F3NO/c1-12(7-6-11(18)17-12)8-9-2-4-10(5-3-9)13(14,15)16/h2-5H,6-8H2,1H3,(H,17,18). The van der Waals surface area contributed by atoms with Gasteiger partial charge in [0.25, 0.3) is 0 Å². The first kappa shape index (κ1) is 12.9. The average Bonchev–Trinajstić information content (AvgIpc) is 2.58. The zero-order valence-corrected chi connectivity index (χ0v) is 9.97. The van der Waals surface area contributed by atoms with E-state index in [-0.39, 0.29) is 11.4 Å². The topological polar surface area (TPSA) is 29.1 Å². The van der Waals surface area contributed by atoms with Gasteiger partial charge in [-0.25, -0.2) is 0 Å². The molecule has 18 heavy (non-hydrogen) atoms. The van der Waals surface area contributed by atoms with Gasteiger partial charge < -0.3 is 5.32 Å². The van der Waals surface area contributed by atoms with Gasteiger partial charge in [0.05, 0.1) is 5.56 Å². The average molecular weight is 257 g/mol. The minimum Gasteiger partial charge on any atom is -0.351 e. The van der Waals surface area contributed by atoms with Crippen LogP contribution in [0.5, 0.6) is 0 Å². The third kappa shape index (κ3) is 2.83. The Hall–Kier alpha value is -1.52. The molecule has 1 unspecified atom stereocenters. The SMILES string of the molecule is CC1(Cc2ccc(C(F)(F)F)cc2)CCC(=O)N1. The largest absolute Gasteiger partial charge is 0.416 e. The Kier molecular flexibility index (Phi) is 3.09. The van der Waals surface area contributed by atoms with Crippen LogP contribution in [0.1, 0.15) is 30.9 Å². The van der Waals surface area contributed by atoms with Crippen LogP contribution in [-0.2, 0) is 17.4 Å². The van der Waals surface area contributed by atoms with Crippen LogP contribution in [0, 0.1) is 0 Å². The van der Waals surface area contributed by atoms with Gasteiger partial charge in [0.15, 0.2) is 0 Å². The maximum Gasteiger partial charge on any atom is 0.416 e. The highest BCUT2D eigenvalue weighted by Crippen LogP contribution is 2.30. The fourth-order valence-corrected chi connectivity index (χ4v) is 2.25. The normalized spacial score (nSPS) is 24.1. The molecule has 1 aromatic carbocycles. The summed E-state index contributed by atoms with van der Waals surface area (Å²) in [5, 5.41) is 2.86. The number of alkyl halides is 3. The molecule has 1 saturated heterocycles. The Balaban J connectivity index is 2.09. The molecule has 1 aliphatic heterocycles. The lowest BCUT2D eigenvalue weighted by molar-refractivity contribution is -0.137. The lowest BCUT2D eigenvalue weighted by atomic mass is 9.91. The summed E-state index contributed by atoms with van der Waals surface area (Å²) >= 11 is 0. The molecule has 0 aliphatic carbocycles. The van der Waals surface area contributed by atoms with Gasteiger partial charge in [-0.2, -0.15) is 13.2 Å². The number of nitrogens with one attached hydrogen (secondary N) is 1. The molecular formula is C13H14F3NO. The quantitative estimate of drug-likeness (QED) is 0.867. The highest BCUT2D eigenvalue weighted by molar-refractivity contribution is 5.79. The van der Waals surface area contributed by atoms with Crippen LogP contribution in [0.2, 0.25) is 0 Å². The summed E-state index contributed by atoms with van der Waals surface area (Å²) in [6.45, 7) is 1.91. The molecule has 5 heteroatoms. The van der Waals surface area contributed by atoms with Gasteiger partial charge in [-0.15, -0.1) is 0 Å². The first-order chi connectivity index (χ1) is 8.28. The van der Waals surface area contributed by atoms with E-state index in [1.165, 1.54) is 12.1 Å². The molecule has 1 fully saturated rings. The van der Waals surface area contributed by atoms with Gasteiger partial charge in [0.1, 0.15) is 0 Å². The Bertz CT molecular complexity index is 452.